The van der Waals surface area contributed by atoms with Gasteiger partial charge in [-0.2, -0.15) is 0 Å². The van der Waals surface area contributed by atoms with Crippen LogP contribution in [-0.2, 0) is 4.79 Å². The van der Waals surface area contributed by atoms with Gasteiger partial charge in [-0.05, 0) is 30.6 Å². The van der Waals surface area contributed by atoms with Crippen molar-refractivity contribution >= 4 is 5.91 Å². The van der Waals surface area contributed by atoms with Crippen molar-refractivity contribution in [3.8, 4) is 0 Å². The van der Waals surface area contributed by atoms with E-state index in [-0.39, 0.29) is 5.91 Å². The average molecular weight is 240 g/mol. The number of hydrogen-bond donors (Lipinski definition) is 2. The molecule has 100 valence electrons. The molecule has 0 heterocycles. The normalized spacial score (nSPS) is 19.3. The SMILES string of the molecule is CC(C)C(CNC(=O)C1(N)CCCC1)C(C)C. The van der Waals surface area contributed by atoms with E-state index in [1.54, 1.807) is 0 Å². The van der Waals surface area contributed by atoms with Crippen molar-refractivity contribution in [1.29, 1.82) is 0 Å². The third-order valence-corrected chi connectivity index (χ3v) is 4.16. The lowest BCUT2D eigenvalue weighted by molar-refractivity contribution is -0.126. The van der Waals surface area contributed by atoms with E-state index in [0.29, 0.717) is 17.8 Å². The fourth-order valence-electron chi connectivity index (χ4n) is 2.86. The zero-order valence-electron chi connectivity index (χ0n) is 11.8. The van der Waals surface area contributed by atoms with Crippen LogP contribution in [0.4, 0.5) is 0 Å². The van der Waals surface area contributed by atoms with Crippen molar-refractivity contribution in [2.75, 3.05) is 6.54 Å². The van der Waals surface area contributed by atoms with Gasteiger partial charge in [-0.3, -0.25) is 4.79 Å². The molecule has 0 saturated heterocycles. The van der Waals surface area contributed by atoms with E-state index in [2.05, 4.69) is 33.0 Å². The van der Waals surface area contributed by atoms with Crippen LogP contribution in [0.5, 0.6) is 0 Å². The van der Waals surface area contributed by atoms with Crippen molar-refractivity contribution in [1.82, 2.24) is 5.32 Å². The fourth-order valence-corrected chi connectivity index (χ4v) is 2.86. The highest BCUT2D eigenvalue weighted by molar-refractivity contribution is 5.86. The summed E-state index contributed by atoms with van der Waals surface area (Å²) in [5.74, 6) is 1.77. The summed E-state index contributed by atoms with van der Waals surface area (Å²) in [4.78, 5) is 12.1. The Kier molecular flexibility index (Phi) is 4.99. The molecule has 0 unspecified atom stereocenters. The Labute approximate surface area is 106 Å². The molecule has 1 saturated carbocycles. The van der Waals surface area contributed by atoms with E-state index in [4.69, 9.17) is 5.73 Å². The minimum absolute atomic E-state index is 0.0568. The van der Waals surface area contributed by atoms with Crippen LogP contribution < -0.4 is 11.1 Å². The first-order valence-electron chi connectivity index (χ1n) is 6.94. The van der Waals surface area contributed by atoms with E-state index in [1.165, 1.54) is 0 Å². The predicted octanol–water partition coefficient (Wildman–Crippen LogP) is 2.30. The molecule has 1 aliphatic carbocycles. The summed E-state index contributed by atoms with van der Waals surface area (Å²) < 4.78 is 0. The van der Waals surface area contributed by atoms with Crippen LogP contribution in [0.2, 0.25) is 0 Å². The van der Waals surface area contributed by atoms with Crippen molar-refractivity contribution in [2.45, 2.75) is 58.9 Å². The van der Waals surface area contributed by atoms with Gasteiger partial charge < -0.3 is 11.1 Å². The zero-order valence-corrected chi connectivity index (χ0v) is 11.8. The Balaban J connectivity index is 2.46. The summed E-state index contributed by atoms with van der Waals surface area (Å²) in [5, 5.41) is 3.06. The largest absolute Gasteiger partial charge is 0.354 e. The monoisotopic (exact) mass is 240 g/mol. The molecular formula is C14H28N2O. The Morgan fingerprint density at radius 2 is 1.65 bits per heavy atom. The number of carbonyl (C=O) groups is 1. The molecule has 0 atom stereocenters. The first kappa shape index (κ1) is 14.5. The number of rotatable bonds is 5. The molecule has 0 aromatic heterocycles. The zero-order chi connectivity index (χ0) is 13.1. The Bertz CT molecular complexity index is 247. The molecule has 17 heavy (non-hydrogen) atoms. The number of nitrogens with one attached hydrogen (secondary N) is 1. The minimum Gasteiger partial charge on any atom is -0.354 e. The van der Waals surface area contributed by atoms with Gasteiger partial charge in [-0.25, -0.2) is 0 Å². The van der Waals surface area contributed by atoms with Crippen LogP contribution in [0.25, 0.3) is 0 Å². The molecule has 0 spiro atoms. The standard InChI is InChI=1S/C14H28N2O/c1-10(2)12(11(3)4)9-16-13(17)14(15)7-5-6-8-14/h10-12H,5-9,15H2,1-4H3,(H,16,17). The first-order valence-corrected chi connectivity index (χ1v) is 6.94. The molecule has 1 amide bonds. The summed E-state index contributed by atoms with van der Waals surface area (Å²) in [7, 11) is 0. The van der Waals surface area contributed by atoms with E-state index in [0.717, 1.165) is 32.2 Å². The van der Waals surface area contributed by atoms with E-state index < -0.39 is 5.54 Å². The van der Waals surface area contributed by atoms with E-state index in [9.17, 15) is 4.79 Å². The topological polar surface area (TPSA) is 55.1 Å². The second kappa shape index (κ2) is 5.85. The van der Waals surface area contributed by atoms with Gasteiger partial charge in [-0.1, -0.05) is 40.5 Å². The van der Waals surface area contributed by atoms with Crippen molar-refractivity contribution in [3.05, 3.63) is 0 Å². The highest BCUT2D eigenvalue weighted by atomic mass is 16.2. The first-order chi connectivity index (χ1) is 7.87. The van der Waals surface area contributed by atoms with Gasteiger partial charge >= 0.3 is 0 Å². The number of amides is 1. The van der Waals surface area contributed by atoms with Crippen LogP contribution in [0.15, 0.2) is 0 Å². The van der Waals surface area contributed by atoms with Crippen LogP contribution in [-0.4, -0.2) is 18.0 Å². The third-order valence-electron chi connectivity index (χ3n) is 4.16. The van der Waals surface area contributed by atoms with E-state index >= 15 is 0 Å². The molecule has 3 N–H and O–H groups in total. The van der Waals surface area contributed by atoms with Gasteiger partial charge in [0.1, 0.15) is 0 Å². The summed E-state index contributed by atoms with van der Waals surface area (Å²) in [6, 6.07) is 0. The quantitative estimate of drug-likeness (QED) is 0.774. The summed E-state index contributed by atoms with van der Waals surface area (Å²) in [6.45, 7) is 9.61. The van der Waals surface area contributed by atoms with Gasteiger partial charge in [0.05, 0.1) is 5.54 Å². The molecular weight excluding hydrogens is 212 g/mol. The molecule has 0 bridgehead atoms. The van der Waals surface area contributed by atoms with Crippen LogP contribution >= 0.6 is 0 Å². The lowest BCUT2D eigenvalue weighted by Gasteiger charge is -2.28. The maximum atomic E-state index is 12.1. The number of hydrogen-bond acceptors (Lipinski definition) is 2. The van der Waals surface area contributed by atoms with E-state index in [1.807, 2.05) is 0 Å². The van der Waals surface area contributed by atoms with Gasteiger partial charge in [0.2, 0.25) is 5.91 Å². The summed E-state index contributed by atoms with van der Waals surface area (Å²) >= 11 is 0. The van der Waals surface area contributed by atoms with Gasteiger partial charge in [0.15, 0.2) is 0 Å². The average Bonchev–Trinajstić information content (AvgIpc) is 2.65. The predicted molar refractivity (Wildman–Crippen MR) is 71.6 cm³/mol. The molecule has 0 aromatic rings. The highest BCUT2D eigenvalue weighted by Crippen LogP contribution is 2.27. The molecule has 3 nitrogen and oxygen atoms in total. The molecule has 0 aromatic carbocycles. The highest BCUT2D eigenvalue weighted by Gasteiger charge is 2.37. The number of carbonyl (C=O) groups excluding carboxylic acids is 1. The second-order valence-electron chi connectivity index (χ2n) is 6.23. The Morgan fingerprint density at radius 1 is 1.18 bits per heavy atom. The van der Waals surface area contributed by atoms with Crippen LogP contribution in [0.3, 0.4) is 0 Å². The molecule has 1 aliphatic rings. The van der Waals surface area contributed by atoms with Gasteiger partial charge in [-0.15, -0.1) is 0 Å². The smallest absolute Gasteiger partial charge is 0.240 e. The van der Waals surface area contributed by atoms with Crippen molar-refractivity contribution < 1.29 is 4.79 Å². The lowest BCUT2D eigenvalue weighted by atomic mass is 9.85. The molecule has 0 radical (unpaired) electrons. The molecule has 3 heteroatoms. The van der Waals surface area contributed by atoms with Crippen molar-refractivity contribution in [3.63, 3.8) is 0 Å². The third kappa shape index (κ3) is 3.70. The maximum Gasteiger partial charge on any atom is 0.240 e. The summed E-state index contributed by atoms with van der Waals surface area (Å²) in [6.07, 6.45) is 3.85. The second-order valence-corrected chi connectivity index (χ2v) is 6.23. The molecule has 0 aliphatic heterocycles. The Hall–Kier alpha value is -0.570. The molecule has 1 fully saturated rings. The number of nitrogens with two attached hydrogens (primary N) is 1. The Morgan fingerprint density at radius 3 is 2.06 bits per heavy atom. The maximum absolute atomic E-state index is 12.1. The lowest BCUT2D eigenvalue weighted by Crippen LogP contribution is -2.53. The minimum atomic E-state index is -0.585. The van der Waals surface area contributed by atoms with Gasteiger partial charge in [0.25, 0.3) is 0 Å². The fraction of sp³-hybridized carbons (Fsp3) is 0.929. The van der Waals surface area contributed by atoms with Gasteiger partial charge in [0, 0.05) is 6.54 Å². The van der Waals surface area contributed by atoms with Crippen LogP contribution in [0, 0.1) is 17.8 Å². The van der Waals surface area contributed by atoms with Crippen LogP contribution in [0.1, 0.15) is 53.4 Å². The van der Waals surface area contributed by atoms with Crippen molar-refractivity contribution in [2.24, 2.45) is 23.5 Å². The summed E-state index contributed by atoms with van der Waals surface area (Å²) in [5.41, 5.74) is 5.54. The molecule has 1 rings (SSSR count).